The highest BCUT2D eigenvalue weighted by molar-refractivity contribution is 14.0. The van der Waals surface area contributed by atoms with Crippen molar-refractivity contribution < 1.29 is 4.39 Å². The van der Waals surface area contributed by atoms with Gasteiger partial charge in [-0.2, -0.15) is 0 Å². The van der Waals surface area contributed by atoms with Crippen LogP contribution in [-0.4, -0.2) is 26.1 Å². The van der Waals surface area contributed by atoms with Gasteiger partial charge in [-0.15, -0.1) is 24.0 Å². The lowest BCUT2D eigenvalue weighted by atomic mass is 10.1. The van der Waals surface area contributed by atoms with Gasteiger partial charge in [-0.05, 0) is 37.0 Å². The molecule has 0 radical (unpaired) electrons. The molecule has 0 aromatic heterocycles. The molecular weight excluding hydrogens is 356 g/mol. The molecule has 0 saturated carbocycles. The van der Waals surface area contributed by atoms with Crippen molar-refractivity contribution in [3.8, 4) is 0 Å². The van der Waals surface area contributed by atoms with E-state index in [1.165, 1.54) is 6.07 Å². The molecule has 0 bridgehead atoms. The van der Waals surface area contributed by atoms with Crippen molar-refractivity contribution in [2.75, 3.05) is 20.1 Å². The van der Waals surface area contributed by atoms with Gasteiger partial charge in [0.1, 0.15) is 5.82 Å². The molecule has 0 aliphatic heterocycles. The van der Waals surface area contributed by atoms with Gasteiger partial charge < -0.3 is 10.6 Å². The minimum absolute atomic E-state index is 0. The lowest BCUT2D eigenvalue weighted by Crippen LogP contribution is -2.38. The summed E-state index contributed by atoms with van der Waals surface area (Å²) in [5.41, 5.74) is 1.04. The van der Waals surface area contributed by atoms with E-state index in [4.69, 9.17) is 0 Å². The number of nitrogens with zero attached hydrogens (tertiary/aromatic N) is 1. The highest BCUT2D eigenvalue weighted by atomic mass is 127. The summed E-state index contributed by atoms with van der Waals surface area (Å²) in [5.74, 6) is 0.664. The second-order valence-corrected chi connectivity index (χ2v) is 4.16. The standard InChI is InChI=1S/C14H22FN3.HI/c1-3-9-17-14(16-2)18-10-5-7-12-6-4-8-13(15)11-12;/h4,6,8,11H,3,5,7,9-10H2,1-2H3,(H2,16,17,18);1H. The number of benzene rings is 1. The molecule has 0 aliphatic rings. The Kier molecular flexibility index (Phi) is 10.5. The monoisotopic (exact) mass is 379 g/mol. The molecule has 1 aromatic rings. The van der Waals surface area contributed by atoms with Gasteiger partial charge in [-0.3, -0.25) is 4.99 Å². The molecule has 5 heteroatoms. The summed E-state index contributed by atoms with van der Waals surface area (Å²) < 4.78 is 13.0. The van der Waals surface area contributed by atoms with Crippen LogP contribution in [0.4, 0.5) is 4.39 Å². The average molecular weight is 379 g/mol. The van der Waals surface area contributed by atoms with Crippen LogP contribution < -0.4 is 10.6 Å². The predicted octanol–water partition coefficient (Wildman–Crippen LogP) is 2.95. The van der Waals surface area contributed by atoms with Gasteiger partial charge in [-0.25, -0.2) is 4.39 Å². The Morgan fingerprint density at radius 2 is 2.00 bits per heavy atom. The SMILES string of the molecule is CCCNC(=NC)NCCCc1cccc(F)c1.I. The van der Waals surface area contributed by atoms with Crippen LogP contribution in [0.15, 0.2) is 29.3 Å². The van der Waals surface area contributed by atoms with E-state index in [2.05, 4.69) is 22.5 Å². The zero-order chi connectivity index (χ0) is 13.2. The quantitative estimate of drug-likeness (QED) is 0.345. The van der Waals surface area contributed by atoms with Crippen LogP contribution in [0.5, 0.6) is 0 Å². The molecule has 0 saturated heterocycles. The molecule has 0 amide bonds. The van der Waals surface area contributed by atoms with Crippen LogP contribution in [0.1, 0.15) is 25.3 Å². The topological polar surface area (TPSA) is 36.4 Å². The number of nitrogens with one attached hydrogen (secondary N) is 2. The molecule has 0 atom stereocenters. The van der Waals surface area contributed by atoms with E-state index in [0.717, 1.165) is 43.9 Å². The first-order chi connectivity index (χ1) is 8.76. The fraction of sp³-hybridized carbons (Fsp3) is 0.500. The van der Waals surface area contributed by atoms with Gasteiger partial charge in [0, 0.05) is 20.1 Å². The molecule has 19 heavy (non-hydrogen) atoms. The first kappa shape index (κ1) is 18.1. The number of aryl methyl sites for hydroxylation is 1. The Hall–Kier alpha value is -0.850. The number of aliphatic imine (C=N–C) groups is 1. The van der Waals surface area contributed by atoms with E-state index in [-0.39, 0.29) is 29.8 Å². The molecule has 1 aromatic carbocycles. The summed E-state index contributed by atoms with van der Waals surface area (Å²) in [6.07, 6.45) is 2.90. The van der Waals surface area contributed by atoms with Crippen molar-refractivity contribution in [3.05, 3.63) is 35.6 Å². The van der Waals surface area contributed by atoms with Crippen LogP contribution in [-0.2, 0) is 6.42 Å². The minimum Gasteiger partial charge on any atom is -0.356 e. The maximum atomic E-state index is 13.0. The Labute approximate surface area is 132 Å². The molecule has 0 aliphatic carbocycles. The van der Waals surface area contributed by atoms with Crippen molar-refractivity contribution >= 4 is 29.9 Å². The van der Waals surface area contributed by atoms with Gasteiger partial charge in [0.05, 0.1) is 0 Å². The first-order valence-corrected chi connectivity index (χ1v) is 6.45. The third kappa shape index (κ3) is 8.02. The van der Waals surface area contributed by atoms with Gasteiger partial charge >= 0.3 is 0 Å². The molecule has 1 rings (SSSR count). The van der Waals surface area contributed by atoms with Crippen molar-refractivity contribution in [3.63, 3.8) is 0 Å². The van der Waals surface area contributed by atoms with Crippen LogP contribution in [0, 0.1) is 5.82 Å². The summed E-state index contributed by atoms with van der Waals surface area (Å²) in [5, 5.41) is 6.44. The smallest absolute Gasteiger partial charge is 0.190 e. The number of hydrogen-bond acceptors (Lipinski definition) is 1. The molecule has 108 valence electrons. The molecule has 0 heterocycles. The Morgan fingerprint density at radius 1 is 1.26 bits per heavy atom. The van der Waals surface area contributed by atoms with E-state index < -0.39 is 0 Å². The molecular formula is C14H23FIN3. The third-order valence-electron chi connectivity index (χ3n) is 2.59. The highest BCUT2D eigenvalue weighted by Crippen LogP contribution is 2.05. The normalized spacial score (nSPS) is 10.8. The van der Waals surface area contributed by atoms with E-state index in [1.807, 2.05) is 6.07 Å². The second kappa shape index (κ2) is 11.0. The van der Waals surface area contributed by atoms with Crippen LogP contribution in [0.25, 0.3) is 0 Å². The van der Waals surface area contributed by atoms with Crippen LogP contribution >= 0.6 is 24.0 Å². The van der Waals surface area contributed by atoms with Crippen molar-refractivity contribution in [2.45, 2.75) is 26.2 Å². The molecule has 0 fully saturated rings. The maximum Gasteiger partial charge on any atom is 0.190 e. The molecule has 0 spiro atoms. The van der Waals surface area contributed by atoms with Crippen molar-refractivity contribution in [1.82, 2.24) is 10.6 Å². The Balaban J connectivity index is 0.00000324. The van der Waals surface area contributed by atoms with Crippen molar-refractivity contribution in [2.24, 2.45) is 4.99 Å². The van der Waals surface area contributed by atoms with Gasteiger partial charge in [-0.1, -0.05) is 19.1 Å². The molecule has 2 N–H and O–H groups in total. The summed E-state index contributed by atoms with van der Waals surface area (Å²) >= 11 is 0. The number of hydrogen-bond donors (Lipinski definition) is 2. The second-order valence-electron chi connectivity index (χ2n) is 4.16. The minimum atomic E-state index is -0.166. The summed E-state index contributed by atoms with van der Waals surface area (Å²) in [4.78, 5) is 4.12. The first-order valence-electron chi connectivity index (χ1n) is 6.45. The maximum absolute atomic E-state index is 13.0. The number of halogens is 2. The third-order valence-corrected chi connectivity index (χ3v) is 2.59. The van der Waals surface area contributed by atoms with Crippen molar-refractivity contribution in [1.29, 1.82) is 0 Å². The van der Waals surface area contributed by atoms with Gasteiger partial charge in [0.15, 0.2) is 5.96 Å². The Morgan fingerprint density at radius 3 is 2.63 bits per heavy atom. The van der Waals surface area contributed by atoms with Crippen LogP contribution in [0.2, 0.25) is 0 Å². The highest BCUT2D eigenvalue weighted by Gasteiger charge is 1.97. The lowest BCUT2D eigenvalue weighted by molar-refractivity contribution is 0.624. The van der Waals surface area contributed by atoms with E-state index in [0.29, 0.717) is 0 Å². The summed E-state index contributed by atoms with van der Waals surface area (Å²) in [7, 11) is 1.76. The lowest BCUT2D eigenvalue weighted by Gasteiger charge is -2.10. The summed E-state index contributed by atoms with van der Waals surface area (Å²) in [6, 6.07) is 6.76. The van der Waals surface area contributed by atoms with E-state index >= 15 is 0 Å². The number of rotatable bonds is 6. The largest absolute Gasteiger partial charge is 0.356 e. The summed E-state index contributed by atoms with van der Waals surface area (Å²) in [6.45, 7) is 3.87. The van der Waals surface area contributed by atoms with E-state index in [9.17, 15) is 4.39 Å². The number of guanidine groups is 1. The van der Waals surface area contributed by atoms with Crippen LogP contribution in [0.3, 0.4) is 0 Å². The zero-order valence-corrected chi connectivity index (χ0v) is 13.9. The van der Waals surface area contributed by atoms with E-state index in [1.54, 1.807) is 19.2 Å². The predicted molar refractivity (Wildman–Crippen MR) is 89.8 cm³/mol. The van der Waals surface area contributed by atoms with Gasteiger partial charge in [0.25, 0.3) is 0 Å². The zero-order valence-electron chi connectivity index (χ0n) is 11.6. The average Bonchev–Trinajstić information content (AvgIpc) is 2.38. The Bertz CT molecular complexity index is 383. The fourth-order valence-corrected chi connectivity index (χ4v) is 1.66. The molecule has 0 unspecified atom stereocenters. The van der Waals surface area contributed by atoms with Gasteiger partial charge in [0.2, 0.25) is 0 Å². The fourth-order valence-electron chi connectivity index (χ4n) is 1.66. The molecule has 3 nitrogen and oxygen atoms in total.